The summed E-state index contributed by atoms with van der Waals surface area (Å²) in [4.78, 5) is 13.7. The highest BCUT2D eigenvalue weighted by Gasteiger charge is 2.24. The van der Waals surface area contributed by atoms with Crippen molar-refractivity contribution in [2.75, 3.05) is 11.4 Å². The number of rotatable bonds is 4. The molecule has 0 amide bonds. The summed E-state index contributed by atoms with van der Waals surface area (Å²) in [5.41, 5.74) is 3.25. The minimum atomic E-state index is 0.272. The Kier molecular flexibility index (Phi) is 4.69. The average Bonchev–Trinajstić information content (AvgIpc) is 2.41. The fourth-order valence-corrected chi connectivity index (χ4v) is 3.08. The first-order valence-corrected chi connectivity index (χ1v) is 7.55. The fraction of sp³-hybridized carbons (Fsp3) is 0.588. The predicted octanol–water partition coefficient (Wildman–Crippen LogP) is 3.74. The van der Waals surface area contributed by atoms with Crippen molar-refractivity contribution < 1.29 is 9.90 Å². The van der Waals surface area contributed by atoms with Gasteiger partial charge < -0.3 is 14.8 Å². The molecule has 20 heavy (non-hydrogen) atoms. The summed E-state index contributed by atoms with van der Waals surface area (Å²) in [6.07, 6.45) is 5.21. The third kappa shape index (κ3) is 3.33. The van der Waals surface area contributed by atoms with E-state index in [0.717, 1.165) is 30.5 Å². The minimum Gasteiger partial charge on any atom is -0.508 e. The molecule has 1 N–H and O–H groups in total. The SMILES string of the molecule is CC(=O)CCC1CCCCN1c1cc(C)c(O)cc1C. The number of nitrogens with zero attached hydrogens (tertiary/aromatic N) is 1. The van der Waals surface area contributed by atoms with Crippen LogP contribution in [0.5, 0.6) is 5.75 Å². The first kappa shape index (κ1) is 14.9. The monoisotopic (exact) mass is 275 g/mol. The predicted molar refractivity (Wildman–Crippen MR) is 82.5 cm³/mol. The molecule has 110 valence electrons. The number of ketones is 1. The van der Waals surface area contributed by atoms with Gasteiger partial charge in [-0.3, -0.25) is 0 Å². The summed E-state index contributed by atoms with van der Waals surface area (Å²) in [6, 6.07) is 4.38. The number of aromatic hydroxyl groups is 1. The van der Waals surface area contributed by atoms with Crippen molar-refractivity contribution in [2.24, 2.45) is 0 Å². The molecular formula is C17H25NO2. The van der Waals surface area contributed by atoms with E-state index in [1.54, 1.807) is 6.92 Å². The smallest absolute Gasteiger partial charge is 0.129 e. The highest BCUT2D eigenvalue weighted by atomic mass is 16.3. The Hall–Kier alpha value is -1.51. The maximum Gasteiger partial charge on any atom is 0.129 e. The summed E-state index contributed by atoms with van der Waals surface area (Å²) in [6.45, 7) is 6.70. The van der Waals surface area contributed by atoms with Crippen molar-refractivity contribution in [2.45, 2.75) is 58.9 Å². The molecule has 1 fully saturated rings. The number of phenolic OH excluding ortho intramolecular Hbond substituents is 1. The van der Waals surface area contributed by atoms with Gasteiger partial charge in [-0.05, 0) is 69.7 Å². The molecule has 3 nitrogen and oxygen atoms in total. The average molecular weight is 275 g/mol. The van der Waals surface area contributed by atoms with E-state index < -0.39 is 0 Å². The van der Waals surface area contributed by atoms with Crippen LogP contribution in [0.2, 0.25) is 0 Å². The number of carbonyl (C=O) groups is 1. The first-order valence-electron chi connectivity index (χ1n) is 7.55. The van der Waals surface area contributed by atoms with Crippen molar-refractivity contribution in [3.8, 4) is 5.75 Å². The van der Waals surface area contributed by atoms with Crippen LogP contribution in [-0.4, -0.2) is 23.5 Å². The van der Waals surface area contributed by atoms with Gasteiger partial charge in [0.2, 0.25) is 0 Å². The van der Waals surface area contributed by atoms with Gasteiger partial charge in [0.1, 0.15) is 11.5 Å². The van der Waals surface area contributed by atoms with Gasteiger partial charge in [0.25, 0.3) is 0 Å². The highest BCUT2D eigenvalue weighted by Crippen LogP contribution is 2.33. The molecule has 3 heteroatoms. The zero-order valence-corrected chi connectivity index (χ0v) is 12.8. The van der Waals surface area contributed by atoms with Gasteiger partial charge in [0.15, 0.2) is 0 Å². The Balaban J connectivity index is 2.23. The van der Waals surface area contributed by atoms with Crippen LogP contribution in [-0.2, 0) is 4.79 Å². The van der Waals surface area contributed by atoms with E-state index in [1.165, 1.54) is 18.5 Å². The molecule has 1 aromatic rings. The standard InChI is InChI=1S/C17H25NO2/c1-12-11-17(20)13(2)10-16(12)18-9-5-4-6-15(18)8-7-14(3)19/h10-11,15,20H,4-9H2,1-3H3. The second-order valence-electron chi connectivity index (χ2n) is 6.01. The molecule has 0 bridgehead atoms. The van der Waals surface area contributed by atoms with Gasteiger partial charge in [-0.25, -0.2) is 0 Å². The molecule has 1 unspecified atom stereocenters. The van der Waals surface area contributed by atoms with Gasteiger partial charge >= 0.3 is 0 Å². The number of anilines is 1. The van der Waals surface area contributed by atoms with Crippen LogP contribution < -0.4 is 4.90 Å². The number of Topliss-reactive ketones (excluding diaryl/α,β-unsaturated/α-hetero) is 1. The Morgan fingerprint density at radius 3 is 2.75 bits per heavy atom. The van der Waals surface area contributed by atoms with Crippen LogP contribution >= 0.6 is 0 Å². The molecule has 0 spiro atoms. The Morgan fingerprint density at radius 2 is 2.05 bits per heavy atom. The van der Waals surface area contributed by atoms with Gasteiger partial charge in [-0.1, -0.05) is 0 Å². The number of phenols is 1. The second-order valence-corrected chi connectivity index (χ2v) is 6.01. The van der Waals surface area contributed by atoms with Gasteiger partial charge in [-0.15, -0.1) is 0 Å². The molecule has 1 aromatic carbocycles. The molecule has 0 saturated carbocycles. The van der Waals surface area contributed by atoms with Crippen molar-refractivity contribution in [1.82, 2.24) is 0 Å². The molecule has 1 heterocycles. The molecule has 1 aliphatic rings. The maximum atomic E-state index is 11.2. The van der Waals surface area contributed by atoms with Gasteiger partial charge in [-0.2, -0.15) is 0 Å². The number of carbonyl (C=O) groups excluding carboxylic acids is 1. The van der Waals surface area contributed by atoms with Gasteiger partial charge in [0, 0.05) is 24.7 Å². The Bertz CT molecular complexity index is 496. The van der Waals surface area contributed by atoms with E-state index in [2.05, 4.69) is 11.0 Å². The fourth-order valence-electron chi connectivity index (χ4n) is 3.08. The Morgan fingerprint density at radius 1 is 1.30 bits per heavy atom. The molecule has 1 atom stereocenters. The lowest BCUT2D eigenvalue weighted by molar-refractivity contribution is -0.117. The number of benzene rings is 1. The molecule has 1 aliphatic heterocycles. The molecule has 1 saturated heterocycles. The van der Waals surface area contributed by atoms with Crippen molar-refractivity contribution in [3.05, 3.63) is 23.3 Å². The number of aryl methyl sites for hydroxylation is 2. The van der Waals surface area contributed by atoms with Crippen LogP contribution in [0.4, 0.5) is 5.69 Å². The summed E-state index contributed by atoms with van der Waals surface area (Å²) in [5.74, 6) is 0.637. The van der Waals surface area contributed by atoms with E-state index in [-0.39, 0.29) is 5.78 Å². The van der Waals surface area contributed by atoms with Crippen LogP contribution in [0, 0.1) is 13.8 Å². The lowest BCUT2D eigenvalue weighted by Crippen LogP contribution is -2.40. The quantitative estimate of drug-likeness (QED) is 0.910. The van der Waals surface area contributed by atoms with Crippen LogP contribution in [0.3, 0.4) is 0 Å². The molecule has 0 aromatic heterocycles. The summed E-state index contributed by atoms with van der Waals surface area (Å²) < 4.78 is 0. The molecular weight excluding hydrogens is 250 g/mol. The zero-order valence-electron chi connectivity index (χ0n) is 12.8. The largest absolute Gasteiger partial charge is 0.508 e. The lowest BCUT2D eigenvalue weighted by atomic mass is 9.95. The van der Waals surface area contributed by atoms with E-state index in [9.17, 15) is 9.90 Å². The van der Waals surface area contributed by atoms with Crippen molar-refractivity contribution >= 4 is 11.5 Å². The summed E-state index contributed by atoms with van der Waals surface area (Å²) in [5, 5.41) is 9.80. The lowest BCUT2D eigenvalue weighted by Gasteiger charge is -2.38. The number of hydrogen-bond acceptors (Lipinski definition) is 3. The summed E-state index contributed by atoms with van der Waals surface area (Å²) in [7, 11) is 0. The molecule has 0 radical (unpaired) electrons. The zero-order chi connectivity index (χ0) is 14.7. The third-order valence-electron chi connectivity index (χ3n) is 4.28. The van der Waals surface area contributed by atoms with E-state index >= 15 is 0 Å². The minimum absolute atomic E-state index is 0.272. The summed E-state index contributed by atoms with van der Waals surface area (Å²) >= 11 is 0. The van der Waals surface area contributed by atoms with E-state index in [4.69, 9.17) is 0 Å². The maximum absolute atomic E-state index is 11.2. The van der Waals surface area contributed by atoms with Crippen LogP contribution in [0.15, 0.2) is 12.1 Å². The van der Waals surface area contributed by atoms with Crippen molar-refractivity contribution in [3.63, 3.8) is 0 Å². The number of piperidine rings is 1. The Labute approximate surface area is 121 Å². The normalized spacial score (nSPS) is 19.1. The van der Waals surface area contributed by atoms with Gasteiger partial charge in [0.05, 0.1) is 0 Å². The van der Waals surface area contributed by atoms with E-state index in [0.29, 0.717) is 18.2 Å². The molecule has 0 aliphatic carbocycles. The van der Waals surface area contributed by atoms with E-state index in [1.807, 2.05) is 19.9 Å². The first-order chi connectivity index (χ1) is 9.49. The second kappa shape index (κ2) is 6.29. The highest BCUT2D eigenvalue weighted by molar-refractivity contribution is 5.75. The topological polar surface area (TPSA) is 40.5 Å². The number of hydrogen-bond donors (Lipinski definition) is 1. The third-order valence-corrected chi connectivity index (χ3v) is 4.28. The van der Waals surface area contributed by atoms with Crippen LogP contribution in [0.1, 0.15) is 50.2 Å². The van der Waals surface area contributed by atoms with Crippen LogP contribution in [0.25, 0.3) is 0 Å². The molecule has 2 rings (SSSR count). The van der Waals surface area contributed by atoms with Crippen molar-refractivity contribution in [1.29, 1.82) is 0 Å².